The van der Waals surface area contributed by atoms with E-state index in [0.717, 1.165) is 34.5 Å². The van der Waals surface area contributed by atoms with E-state index in [2.05, 4.69) is 158 Å². The lowest BCUT2D eigenvalue weighted by molar-refractivity contribution is 0.750. The van der Waals surface area contributed by atoms with Gasteiger partial charge in [-0.2, -0.15) is 0 Å². The Hall–Kier alpha value is -5.21. The van der Waals surface area contributed by atoms with E-state index >= 15 is 0 Å². The van der Waals surface area contributed by atoms with Crippen molar-refractivity contribution >= 4 is 38.2 Å². The van der Waals surface area contributed by atoms with E-state index in [-0.39, 0.29) is 0 Å². The van der Waals surface area contributed by atoms with Crippen molar-refractivity contribution in [1.29, 1.82) is 0 Å². The Morgan fingerprint density at radius 3 is 2.14 bits per heavy atom. The van der Waals surface area contributed by atoms with Crippen molar-refractivity contribution in [1.82, 2.24) is 9.55 Å². The predicted octanol–water partition coefficient (Wildman–Crippen LogP) is 11.0. The largest absolute Gasteiger partial charge is 0.292 e. The zero-order valence-electron chi connectivity index (χ0n) is 24.5. The fraction of sp³-hybridized carbons (Fsp3) is 0.0976. The number of aromatic nitrogens is 2. The van der Waals surface area contributed by atoms with Gasteiger partial charge in [0.2, 0.25) is 0 Å². The van der Waals surface area contributed by atoms with Crippen molar-refractivity contribution in [2.45, 2.75) is 20.3 Å². The number of para-hydroxylation sites is 2. The second-order valence-electron chi connectivity index (χ2n) is 11.8. The van der Waals surface area contributed by atoms with Crippen LogP contribution in [0.4, 0.5) is 0 Å². The van der Waals surface area contributed by atoms with Gasteiger partial charge >= 0.3 is 0 Å². The summed E-state index contributed by atoms with van der Waals surface area (Å²) in [5.74, 6) is 1.49. The minimum atomic E-state index is 0.534. The summed E-state index contributed by atoms with van der Waals surface area (Å²) in [5.41, 5.74) is 10.9. The maximum absolute atomic E-state index is 5.04. The summed E-state index contributed by atoms with van der Waals surface area (Å²) in [5, 5.41) is 5.25. The normalized spacial score (nSPS) is 14.9. The third-order valence-electron chi connectivity index (χ3n) is 8.79. The second-order valence-corrected chi connectivity index (χ2v) is 11.8. The average Bonchev–Trinajstić information content (AvgIpc) is 3.44. The van der Waals surface area contributed by atoms with Crippen LogP contribution in [-0.2, 0) is 0 Å². The number of imidazole rings is 1. The first-order valence-corrected chi connectivity index (χ1v) is 15.1. The molecule has 0 N–H and O–H groups in total. The molecular weight excluding hydrogens is 520 g/mol. The number of fused-ring (bicyclic) bond motifs is 3. The van der Waals surface area contributed by atoms with Crippen molar-refractivity contribution in [3.05, 3.63) is 151 Å². The first kappa shape index (κ1) is 25.5. The monoisotopic (exact) mass is 552 g/mol. The molecular formula is C41H32N2. The smallest absolute Gasteiger partial charge is 0.145 e. The summed E-state index contributed by atoms with van der Waals surface area (Å²) in [6.07, 6.45) is 7.91. The molecule has 1 atom stereocenters. The average molecular weight is 553 g/mol. The number of benzene rings is 6. The number of nitrogens with zero attached hydrogens (tertiary/aromatic N) is 2. The summed E-state index contributed by atoms with van der Waals surface area (Å²) in [6, 6.07) is 43.8. The molecule has 1 aliphatic carbocycles. The number of aryl methyl sites for hydroxylation is 1. The van der Waals surface area contributed by atoms with Crippen molar-refractivity contribution in [3.63, 3.8) is 0 Å². The van der Waals surface area contributed by atoms with Gasteiger partial charge in [0, 0.05) is 11.3 Å². The quantitative estimate of drug-likeness (QED) is 0.199. The minimum absolute atomic E-state index is 0.534. The standard InChI is InChI=1S/C41H32N2/c1-27-11-10-14-31(25-27)40-34-16-7-6-15-33(34)39(36-26-28(2)19-24-35(36)40)29-20-22-32(23-21-29)43-38-18-9-8-17-37(38)42-41(43)30-12-4-3-5-13-30/h3-24,26-27H,25H2,1-2H3/t27-/m0/s1. The molecule has 0 fully saturated rings. The number of allylic oxidation sites excluding steroid dienone is 4. The van der Waals surface area contributed by atoms with Crippen LogP contribution in [0.25, 0.3) is 66.4 Å². The van der Waals surface area contributed by atoms with Crippen LogP contribution in [0, 0.1) is 12.8 Å². The Morgan fingerprint density at radius 2 is 1.35 bits per heavy atom. The third kappa shape index (κ3) is 4.30. The maximum Gasteiger partial charge on any atom is 0.145 e. The lowest BCUT2D eigenvalue weighted by Gasteiger charge is -2.22. The molecule has 0 saturated heterocycles. The van der Waals surface area contributed by atoms with Gasteiger partial charge in [-0.3, -0.25) is 4.57 Å². The molecule has 0 radical (unpaired) electrons. The minimum Gasteiger partial charge on any atom is -0.292 e. The molecule has 8 rings (SSSR count). The highest BCUT2D eigenvalue weighted by atomic mass is 15.1. The molecule has 7 aromatic rings. The summed E-state index contributed by atoms with van der Waals surface area (Å²) >= 11 is 0. The van der Waals surface area contributed by atoms with E-state index in [1.165, 1.54) is 49.4 Å². The molecule has 1 aromatic heterocycles. The van der Waals surface area contributed by atoms with Gasteiger partial charge in [-0.1, -0.05) is 128 Å². The highest BCUT2D eigenvalue weighted by Crippen LogP contribution is 2.44. The first-order valence-electron chi connectivity index (χ1n) is 15.1. The van der Waals surface area contributed by atoms with Gasteiger partial charge in [0.25, 0.3) is 0 Å². The second kappa shape index (κ2) is 10.3. The summed E-state index contributed by atoms with van der Waals surface area (Å²) in [6.45, 7) is 4.50. The Bertz CT molecular complexity index is 2210. The molecule has 0 amide bonds. The van der Waals surface area contributed by atoms with Gasteiger partial charge < -0.3 is 0 Å². The Kier molecular flexibility index (Phi) is 6.08. The number of hydrogen-bond acceptors (Lipinski definition) is 1. The molecule has 2 nitrogen and oxygen atoms in total. The van der Waals surface area contributed by atoms with Crippen molar-refractivity contribution in [3.8, 4) is 28.2 Å². The highest BCUT2D eigenvalue weighted by Gasteiger charge is 2.20. The summed E-state index contributed by atoms with van der Waals surface area (Å²) < 4.78 is 2.28. The van der Waals surface area contributed by atoms with Crippen LogP contribution in [-0.4, -0.2) is 9.55 Å². The molecule has 43 heavy (non-hydrogen) atoms. The molecule has 0 saturated carbocycles. The zero-order chi connectivity index (χ0) is 28.9. The lowest BCUT2D eigenvalue weighted by Crippen LogP contribution is -2.00. The van der Waals surface area contributed by atoms with Gasteiger partial charge in [-0.25, -0.2) is 4.98 Å². The number of hydrogen-bond donors (Lipinski definition) is 0. The van der Waals surface area contributed by atoms with Gasteiger partial charge in [-0.05, 0) is 87.3 Å². The molecule has 2 heteroatoms. The van der Waals surface area contributed by atoms with Crippen LogP contribution in [0.3, 0.4) is 0 Å². The molecule has 1 aliphatic rings. The van der Waals surface area contributed by atoms with E-state index in [9.17, 15) is 0 Å². The lowest BCUT2D eigenvalue weighted by atomic mass is 9.82. The molecule has 0 aliphatic heterocycles. The molecule has 0 unspecified atom stereocenters. The van der Waals surface area contributed by atoms with Crippen molar-refractivity contribution in [2.75, 3.05) is 0 Å². The molecule has 6 aromatic carbocycles. The van der Waals surface area contributed by atoms with Crippen LogP contribution in [0.15, 0.2) is 140 Å². The predicted molar refractivity (Wildman–Crippen MR) is 183 cm³/mol. The van der Waals surface area contributed by atoms with Crippen molar-refractivity contribution in [2.24, 2.45) is 5.92 Å². The van der Waals surface area contributed by atoms with Crippen molar-refractivity contribution < 1.29 is 0 Å². The van der Waals surface area contributed by atoms with Crippen LogP contribution in [0.2, 0.25) is 0 Å². The third-order valence-corrected chi connectivity index (χ3v) is 8.79. The molecule has 1 heterocycles. The Labute approximate surface area is 252 Å². The van der Waals surface area contributed by atoms with Gasteiger partial charge in [-0.15, -0.1) is 0 Å². The van der Waals surface area contributed by atoms with Crippen LogP contribution < -0.4 is 0 Å². The fourth-order valence-electron chi connectivity index (χ4n) is 6.82. The van der Waals surface area contributed by atoms with E-state index in [0.29, 0.717) is 5.92 Å². The highest BCUT2D eigenvalue weighted by molar-refractivity contribution is 6.19. The number of rotatable bonds is 4. The van der Waals surface area contributed by atoms with Crippen LogP contribution in [0.1, 0.15) is 24.5 Å². The summed E-state index contributed by atoms with van der Waals surface area (Å²) in [7, 11) is 0. The van der Waals surface area contributed by atoms with E-state index in [4.69, 9.17) is 4.98 Å². The van der Waals surface area contributed by atoms with E-state index in [1.807, 2.05) is 0 Å². The zero-order valence-corrected chi connectivity index (χ0v) is 24.5. The van der Waals surface area contributed by atoms with Gasteiger partial charge in [0.1, 0.15) is 5.82 Å². The van der Waals surface area contributed by atoms with Crippen LogP contribution >= 0.6 is 0 Å². The van der Waals surface area contributed by atoms with E-state index in [1.54, 1.807) is 0 Å². The molecule has 0 spiro atoms. The Balaban J connectivity index is 1.35. The topological polar surface area (TPSA) is 17.8 Å². The molecule has 0 bridgehead atoms. The van der Waals surface area contributed by atoms with Crippen LogP contribution in [0.5, 0.6) is 0 Å². The summed E-state index contributed by atoms with van der Waals surface area (Å²) in [4.78, 5) is 5.04. The molecule has 206 valence electrons. The van der Waals surface area contributed by atoms with Gasteiger partial charge in [0.15, 0.2) is 0 Å². The first-order chi connectivity index (χ1) is 21.2. The fourth-order valence-corrected chi connectivity index (χ4v) is 6.82. The SMILES string of the molecule is Cc1ccc2c(C3=CC=C[C@H](C)C3)c3ccccc3c(-c3ccc(-n4c(-c5ccccc5)nc5ccccc54)cc3)c2c1. The maximum atomic E-state index is 5.04. The van der Waals surface area contributed by atoms with Gasteiger partial charge in [0.05, 0.1) is 11.0 Å². The van der Waals surface area contributed by atoms with E-state index < -0.39 is 0 Å². The Morgan fingerprint density at radius 1 is 0.651 bits per heavy atom.